The summed E-state index contributed by atoms with van der Waals surface area (Å²) in [6.45, 7) is 0. The van der Waals surface area contributed by atoms with E-state index in [1.54, 1.807) is 12.1 Å². The summed E-state index contributed by atoms with van der Waals surface area (Å²) in [5.41, 5.74) is 0.461. The molecule has 2 aromatic carbocycles. The van der Waals surface area contributed by atoms with Crippen molar-refractivity contribution < 1.29 is 18.4 Å². The maximum Gasteiger partial charge on any atom is 0.241 e. The van der Waals surface area contributed by atoms with Crippen molar-refractivity contribution in [2.24, 2.45) is 0 Å². The van der Waals surface area contributed by atoms with Gasteiger partial charge in [0.05, 0.1) is 5.02 Å². The highest BCUT2D eigenvalue weighted by Gasteiger charge is 2.28. The van der Waals surface area contributed by atoms with Gasteiger partial charge in [0.1, 0.15) is 5.82 Å². The Morgan fingerprint density at radius 2 is 1.71 bits per heavy atom. The van der Waals surface area contributed by atoms with Crippen LogP contribution in [0.1, 0.15) is 0 Å². The number of anilines is 1. The van der Waals surface area contributed by atoms with Gasteiger partial charge in [0.25, 0.3) is 0 Å². The molecule has 0 saturated carbocycles. The number of fused-ring (bicyclic) bond motifs is 1. The van der Waals surface area contributed by atoms with Gasteiger partial charge in [0.2, 0.25) is 7.29 Å². The minimum absolute atomic E-state index is 0.0149. The van der Waals surface area contributed by atoms with E-state index in [4.69, 9.17) is 21.1 Å². The average Bonchev–Trinajstić information content (AvgIpc) is 2.64. The molecule has 0 radical (unpaired) electrons. The van der Waals surface area contributed by atoms with Gasteiger partial charge in [-0.05, 0) is 30.3 Å². The summed E-state index contributed by atoms with van der Waals surface area (Å²) < 4.78 is 37.0. The van der Waals surface area contributed by atoms with Crippen LogP contribution in [0.5, 0.6) is 11.5 Å². The van der Waals surface area contributed by atoms with E-state index in [1.165, 1.54) is 18.2 Å². The summed E-state index contributed by atoms with van der Waals surface area (Å²) in [6.07, 6.45) is -0.0297. The van der Waals surface area contributed by atoms with Crippen LogP contribution in [-0.2, 0) is 4.57 Å². The third-order valence-corrected chi connectivity index (χ3v) is 5.01. The monoisotopic (exact) mass is 327 g/mol. The van der Waals surface area contributed by atoms with Crippen LogP contribution in [0.15, 0.2) is 42.5 Å². The van der Waals surface area contributed by atoms with Gasteiger partial charge in [-0.15, -0.1) is 0 Å². The van der Waals surface area contributed by atoms with Crippen LogP contribution in [0, 0.1) is 5.82 Å². The van der Waals surface area contributed by atoms with Gasteiger partial charge in [-0.2, -0.15) is 0 Å². The largest absolute Gasteiger partial charge is 0.480 e. The van der Waals surface area contributed by atoms with Gasteiger partial charge in [-0.25, -0.2) is 4.39 Å². The fourth-order valence-electron chi connectivity index (χ4n) is 1.94. The summed E-state index contributed by atoms with van der Waals surface area (Å²) in [7, 11) is -2.97. The van der Waals surface area contributed by atoms with Crippen molar-refractivity contribution in [2.75, 3.05) is 17.8 Å². The van der Waals surface area contributed by atoms with Crippen LogP contribution >= 0.6 is 18.9 Å². The molecule has 7 heteroatoms. The molecule has 0 unspecified atom stereocenters. The lowest BCUT2D eigenvalue weighted by atomic mass is 10.3. The van der Waals surface area contributed by atoms with Crippen LogP contribution in [-0.4, -0.2) is 12.7 Å². The van der Waals surface area contributed by atoms with Gasteiger partial charge in [-0.3, -0.25) is 4.57 Å². The van der Waals surface area contributed by atoms with Crippen molar-refractivity contribution in [1.29, 1.82) is 0 Å². The molecule has 0 aliphatic carbocycles. The first-order valence-corrected chi connectivity index (χ1v) is 8.67. The van der Waals surface area contributed by atoms with Gasteiger partial charge < -0.3 is 14.6 Å². The molecule has 110 valence electrons. The van der Waals surface area contributed by atoms with E-state index in [1.807, 2.05) is 12.1 Å². The van der Waals surface area contributed by atoms with E-state index in [-0.39, 0.29) is 17.7 Å². The zero-order chi connectivity index (χ0) is 14.9. The van der Waals surface area contributed by atoms with E-state index in [2.05, 4.69) is 5.09 Å². The predicted octanol–water partition coefficient (Wildman–Crippen LogP) is 4.56. The third kappa shape index (κ3) is 3.14. The second-order valence-corrected chi connectivity index (χ2v) is 7.55. The molecule has 1 aliphatic rings. The lowest BCUT2D eigenvalue weighted by Gasteiger charge is -2.17. The van der Waals surface area contributed by atoms with Crippen LogP contribution < -0.4 is 14.6 Å². The highest BCUT2D eigenvalue weighted by atomic mass is 35.5. The molecular weight excluding hydrogens is 316 g/mol. The average molecular weight is 328 g/mol. The van der Waals surface area contributed by atoms with Crippen molar-refractivity contribution in [3.8, 4) is 11.5 Å². The third-order valence-electron chi connectivity index (χ3n) is 2.96. The van der Waals surface area contributed by atoms with Crippen LogP contribution in [0.25, 0.3) is 0 Å². The van der Waals surface area contributed by atoms with Crippen molar-refractivity contribution in [3.05, 3.63) is 53.3 Å². The number of benzene rings is 2. The van der Waals surface area contributed by atoms with Gasteiger partial charge in [0, 0.05) is 5.69 Å². The minimum atomic E-state index is -2.97. The number of hydrogen-bond acceptors (Lipinski definition) is 3. The molecule has 1 heterocycles. The molecular formula is C14H12ClFNO3P. The van der Waals surface area contributed by atoms with E-state index in [0.29, 0.717) is 17.2 Å². The molecule has 0 bridgehead atoms. The summed E-state index contributed by atoms with van der Waals surface area (Å²) >= 11 is 5.71. The molecule has 0 amide bonds. The molecule has 0 saturated heterocycles. The van der Waals surface area contributed by atoms with Crippen molar-refractivity contribution in [1.82, 2.24) is 0 Å². The van der Waals surface area contributed by atoms with Gasteiger partial charge in [0.15, 0.2) is 24.2 Å². The molecule has 1 N–H and O–H groups in total. The normalized spacial score (nSPS) is 16.1. The number of ether oxygens (including phenoxy) is 2. The zero-order valence-electron chi connectivity index (χ0n) is 10.9. The molecule has 0 fully saturated rings. The molecule has 0 spiro atoms. The van der Waals surface area contributed by atoms with E-state index in [0.717, 1.165) is 0 Å². The molecule has 21 heavy (non-hydrogen) atoms. The van der Waals surface area contributed by atoms with Crippen LogP contribution in [0.2, 0.25) is 5.02 Å². The lowest BCUT2D eigenvalue weighted by Crippen LogP contribution is -2.10. The van der Waals surface area contributed by atoms with Crippen molar-refractivity contribution in [3.63, 3.8) is 0 Å². The predicted molar refractivity (Wildman–Crippen MR) is 80.1 cm³/mol. The molecule has 4 nitrogen and oxygen atoms in total. The Kier molecular flexibility index (Phi) is 3.79. The number of hydrogen-bond donors (Lipinski definition) is 1. The second kappa shape index (κ2) is 5.58. The second-order valence-electron chi connectivity index (χ2n) is 4.62. The Morgan fingerprint density at radius 1 is 1.10 bits per heavy atom. The topological polar surface area (TPSA) is 47.6 Å². The molecule has 3 rings (SSSR count). The fraction of sp³-hybridized carbons (Fsp3) is 0.143. The van der Waals surface area contributed by atoms with E-state index < -0.39 is 13.1 Å². The van der Waals surface area contributed by atoms with E-state index in [9.17, 15) is 8.96 Å². The van der Waals surface area contributed by atoms with Crippen LogP contribution in [0.3, 0.4) is 0 Å². The Labute approximate surface area is 126 Å². The Hall–Kier alpha value is -1.71. The summed E-state index contributed by atoms with van der Waals surface area (Å²) in [5.74, 6) is 0.574. The standard InChI is InChI=1S/C14H12ClFNO3P/c15-11-7-10(5-6-12(11)16)17-21(18)8-19-13-3-1-2-4-14(13)20-9-21/h1-7H,8-9H2,(H,17,18). The number of rotatable bonds is 2. The first kappa shape index (κ1) is 14.2. The lowest BCUT2D eigenvalue weighted by molar-refractivity contribution is 0.355. The summed E-state index contributed by atoms with van der Waals surface area (Å²) in [4.78, 5) is 0. The maximum atomic E-state index is 13.1. The van der Waals surface area contributed by atoms with Crippen molar-refractivity contribution in [2.45, 2.75) is 0 Å². The Balaban J connectivity index is 1.79. The molecule has 0 aromatic heterocycles. The van der Waals surface area contributed by atoms with Crippen LogP contribution in [0.4, 0.5) is 10.1 Å². The Bertz CT molecular complexity index is 694. The van der Waals surface area contributed by atoms with Gasteiger partial charge >= 0.3 is 0 Å². The summed E-state index contributed by atoms with van der Waals surface area (Å²) in [6, 6.07) is 11.2. The first-order valence-electron chi connectivity index (χ1n) is 6.22. The zero-order valence-corrected chi connectivity index (χ0v) is 12.5. The number of halogens is 2. The first-order chi connectivity index (χ1) is 10.1. The van der Waals surface area contributed by atoms with Gasteiger partial charge in [-0.1, -0.05) is 23.7 Å². The fourth-order valence-corrected chi connectivity index (χ4v) is 3.63. The van der Waals surface area contributed by atoms with Crippen molar-refractivity contribution >= 4 is 24.6 Å². The maximum absolute atomic E-state index is 13.1. The minimum Gasteiger partial charge on any atom is -0.480 e. The summed E-state index contributed by atoms with van der Waals surface area (Å²) in [5, 5.41) is 2.82. The highest BCUT2D eigenvalue weighted by molar-refractivity contribution is 7.65. The molecule has 0 atom stereocenters. The number of para-hydroxylation sites is 2. The SMILES string of the molecule is O=P1(Nc2ccc(F)c(Cl)c2)COc2ccccc2OC1. The van der Waals surface area contributed by atoms with E-state index >= 15 is 0 Å². The smallest absolute Gasteiger partial charge is 0.241 e. The molecule has 1 aliphatic heterocycles. The Morgan fingerprint density at radius 3 is 2.29 bits per heavy atom. The highest BCUT2D eigenvalue weighted by Crippen LogP contribution is 2.49. The number of nitrogens with one attached hydrogen (secondary N) is 1. The quantitative estimate of drug-likeness (QED) is 0.822. The molecule has 2 aromatic rings.